The lowest BCUT2D eigenvalue weighted by atomic mass is 10.3. The number of nitro groups is 2. The average Bonchev–Trinajstić information content (AvgIpc) is 2.54. The van der Waals surface area contributed by atoms with Gasteiger partial charge in [-0.05, 0) is 18.2 Å². The molecule has 0 bridgehead atoms. The van der Waals surface area contributed by atoms with Crippen molar-refractivity contribution in [1.82, 2.24) is 0 Å². The van der Waals surface area contributed by atoms with E-state index in [9.17, 15) is 29.2 Å². The molecule has 0 aliphatic carbocycles. The van der Waals surface area contributed by atoms with Gasteiger partial charge in [-0.3, -0.25) is 29.2 Å². The van der Waals surface area contributed by atoms with Crippen molar-refractivity contribution in [2.45, 2.75) is 4.90 Å². The van der Waals surface area contributed by atoms with Crippen molar-refractivity contribution in [3.8, 4) is 5.75 Å². The minimum Gasteiger partial charge on any atom is -0.426 e. The number of nitro benzene ring substituents is 2. The monoisotopic (exact) mass is 350 g/mol. The number of ether oxygens (including phenoxy) is 1. The fourth-order valence-corrected chi connectivity index (χ4v) is 2.80. The van der Waals surface area contributed by atoms with E-state index in [1.54, 1.807) is 18.2 Å². The van der Waals surface area contributed by atoms with Gasteiger partial charge >= 0.3 is 5.97 Å². The molecule has 124 valence electrons. The Kier molecular flexibility index (Phi) is 5.32. The van der Waals surface area contributed by atoms with Gasteiger partial charge in [0, 0.05) is 6.07 Å². The fourth-order valence-electron chi connectivity index (χ4n) is 1.79. The number of esters is 1. The van der Waals surface area contributed by atoms with Gasteiger partial charge in [0.1, 0.15) is 16.4 Å². The highest BCUT2D eigenvalue weighted by atomic mass is 32.2. The summed E-state index contributed by atoms with van der Waals surface area (Å²) in [5, 5.41) is 21.7. The van der Waals surface area contributed by atoms with Crippen LogP contribution in [-0.2, 0) is 15.6 Å². The molecule has 0 radical (unpaired) electrons. The summed E-state index contributed by atoms with van der Waals surface area (Å²) >= 11 is 0. The molecule has 0 aliphatic rings. The maximum Gasteiger partial charge on any atom is 0.324 e. The molecule has 1 atom stereocenters. The van der Waals surface area contributed by atoms with Gasteiger partial charge in [0.05, 0.1) is 26.7 Å². The molecule has 0 amide bonds. The highest BCUT2D eigenvalue weighted by Crippen LogP contribution is 2.27. The molecule has 0 aliphatic heterocycles. The molecule has 1 unspecified atom stereocenters. The van der Waals surface area contributed by atoms with E-state index in [0.29, 0.717) is 6.07 Å². The molecule has 9 nitrogen and oxygen atoms in total. The van der Waals surface area contributed by atoms with Gasteiger partial charge in [-0.15, -0.1) is 0 Å². The zero-order chi connectivity index (χ0) is 17.7. The second-order valence-electron chi connectivity index (χ2n) is 4.44. The molecule has 0 spiro atoms. The van der Waals surface area contributed by atoms with Crippen LogP contribution in [0.5, 0.6) is 5.75 Å². The zero-order valence-electron chi connectivity index (χ0n) is 12.0. The highest BCUT2D eigenvalue weighted by molar-refractivity contribution is 7.85. The lowest BCUT2D eigenvalue weighted by Gasteiger charge is -2.05. The predicted molar refractivity (Wildman–Crippen MR) is 83.1 cm³/mol. The lowest BCUT2D eigenvalue weighted by Crippen LogP contribution is -2.17. The first-order valence-corrected chi connectivity index (χ1v) is 7.77. The third-order valence-corrected chi connectivity index (χ3v) is 4.15. The Morgan fingerprint density at radius 1 is 1.04 bits per heavy atom. The molecule has 0 saturated heterocycles. The fraction of sp³-hybridized carbons (Fsp3) is 0.0714. The number of para-hydroxylation sites is 1. The Hall–Kier alpha value is -3.14. The highest BCUT2D eigenvalue weighted by Gasteiger charge is 2.25. The second kappa shape index (κ2) is 7.42. The lowest BCUT2D eigenvalue weighted by molar-refractivity contribution is -0.396. The molecule has 0 aromatic heterocycles. The molecule has 10 heteroatoms. The van der Waals surface area contributed by atoms with E-state index >= 15 is 0 Å². The molecular weight excluding hydrogens is 340 g/mol. The number of benzene rings is 2. The average molecular weight is 350 g/mol. The summed E-state index contributed by atoms with van der Waals surface area (Å²) in [6.45, 7) is 0. The Bertz CT molecular complexity index is 823. The van der Waals surface area contributed by atoms with E-state index in [2.05, 4.69) is 0 Å². The van der Waals surface area contributed by atoms with Gasteiger partial charge < -0.3 is 4.74 Å². The molecule has 24 heavy (non-hydrogen) atoms. The largest absolute Gasteiger partial charge is 0.426 e. The van der Waals surface area contributed by atoms with Crippen molar-refractivity contribution in [3.63, 3.8) is 0 Å². The van der Waals surface area contributed by atoms with E-state index in [1.807, 2.05) is 0 Å². The van der Waals surface area contributed by atoms with E-state index in [-0.39, 0.29) is 10.6 Å². The number of non-ortho nitro benzene ring substituents is 1. The van der Waals surface area contributed by atoms with Crippen LogP contribution in [0.4, 0.5) is 11.4 Å². The standard InChI is InChI=1S/C14H10N2O7S/c17-14(23-11-4-2-1-3-5-11)9-24(22)13-7-6-10(15(18)19)8-12(13)16(20)21/h1-8H,9H2. The third-order valence-electron chi connectivity index (χ3n) is 2.82. The van der Waals surface area contributed by atoms with Gasteiger partial charge in [0.15, 0.2) is 0 Å². The van der Waals surface area contributed by atoms with Gasteiger partial charge in [-0.2, -0.15) is 0 Å². The van der Waals surface area contributed by atoms with Crippen LogP contribution in [0.1, 0.15) is 0 Å². The topological polar surface area (TPSA) is 130 Å². The smallest absolute Gasteiger partial charge is 0.324 e. The van der Waals surface area contributed by atoms with E-state index in [1.165, 1.54) is 12.1 Å². The first-order chi connectivity index (χ1) is 11.4. The van der Waals surface area contributed by atoms with Crippen LogP contribution >= 0.6 is 0 Å². The molecule has 2 aromatic rings. The van der Waals surface area contributed by atoms with Crippen molar-refractivity contribution in [3.05, 3.63) is 68.8 Å². The molecule has 0 saturated carbocycles. The summed E-state index contributed by atoms with van der Waals surface area (Å²) in [4.78, 5) is 31.5. The van der Waals surface area contributed by atoms with Crippen LogP contribution < -0.4 is 4.74 Å². The zero-order valence-corrected chi connectivity index (χ0v) is 12.8. The van der Waals surface area contributed by atoms with Gasteiger partial charge in [-0.1, -0.05) is 18.2 Å². The van der Waals surface area contributed by atoms with Gasteiger partial charge in [-0.25, -0.2) is 0 Å². The van der Waals surface area contributed by atoms with Crippen LogP contribution in [0, 0.1) is 20.2 Å². The number of nitrogens with zero attached hydrogens (tertiary/aromatic N) is 2. The number of carbonyl (C=O) groups excluding carboxylic acids is 1. The van der Waals surface area contributed by atoms with Crippen LogP contribution in [0.3, 0.4) is 0 Å². The van der Waals surface area contributed by atoms with Crippen LogP contribution in [0.2, 0.25) is 0 Å². The van der Waals surface area contributed by atoms with Crippen LogP contribution in [0.15, 0.2) is 53.4 Å². The number of rotatable bonds is 6. The predicted octanol–water partition coefficient (Wildman–Crippen LogP) is 2.22. The van der Waals surface area contributed by atoms with Crippen molar-refractivity contribution >= 4 is 28.1 Å². The van der Waals surface area contributed by atoms with E-state index < -0.39 is 43.7 Å². The van der Waals surface area contributed by atoms with Crippen molar-refractivity contribution < 1.29 is 23.6 Å². The first kappa shape index (κ1) is 17.2. The summed E-state index contributed by atoms with van der Waals surface area (Å²) in [6.07, 6.45) is 0. The van der Waals surface area contributed by atoms with Crippen LogP contribution in [0.25, 0.3) is 0 Å². The van der Waals surface area contributed by atoms with Crippen molar-refractivity contribution in [1.29, 1.82) is 0 Å². The minimum atomic E-state index is -2.08. The van der Waals surface area contributed by atoms with Crippen molar-refractivity contribution in [2.24, 2.45) is 0 Å². The quantitative estimate of drug-likeness (QED) is 0.338. The first-order valence-electron chi connectivity index (χ1n) is 6.45. The molecule has 2 aromatic carbocycles. The van der Waals surface area contributed by atoms with Gasteiger partial charge in [0.25, 0.3) is 11.4 Å². The molecule has 0 fully saturated rings. The van der Waals surface area contributed by atoms with Crippen LogP contribution in [-0.4, -0.2) is 25.8 Å². The summed E-state index contributed by atoms with van der Waals surface area (Å²) in [6, 6.07) is 10.7. The number of hydrogen-bond acceptors (Lipinski definition) is 7. The summed E-state index contributed by atoms with van der Waals surface area (Å²) in [5.74, 6) is -1.21. The summed E-state index contributed by atoms with van der Waals surface area (Å²) in [7, 11) is -2.08. The van der Waals surface area contributed by atoms with E-state index in [4.69, 9.17) is 4.74 Å². The van der Waals surface area contributed by atoms with Gasteiger partial charge in [0.2, 0.25) is 0 Å². The maximum absolute atomic E-state index is 12.2. The Morgan fingerprint density at radius 2 is 1.71 bits per heavy atom. The molecule has 0 N–H and O–H groups in total. The second-order valence-corrected chi connectivity index (χ2v) is 5.86. The maximum atomic E-state index is 12.2. The minimum absolute atomic E-state index is 0.248. The number of carbonyl (C=O) groups is 1. The van der Waals surface area contributed by atoms with E-state index in [0.717, 1.165) is 12.1 Å². The molecular formula is C14H10N2O7S. The summed E-state index contributed by atoms with van der Waals surface area (Å²) < 4.78 is 17.1. The third kappa shape index (κ3) is 4.20. The summed E-state index contributed by atoms with van der Waals surface area (Å²) in [5.41, 5.74) is -1.19. The SMILES string of the molecule is O=C(CS(=O)c1ccc([N+](=O)[O-])cc1[N+](=O)[O-])Oc1ccccc1. The number of hydrogen-bond donors (Lipinski definition) is 0. The molecule has 2 rings (SSSR count). The van der Waals surface area contributed by atoms with Crippen molar-refractivity contribution in [2.75, 3.05) is 5.75 Å². The molecule has 0 heterocycles. The normalized spacial score (nSPS) is 11.5. The Balaban J connectivity index is 2.18. The Labute approximate surface area is 137 Å². The Morgan fingerprint density at radius 3 is 2.29 bits per heavy atom.